The van der Waals surface area contributed by atoms with E-state index in [2.05, 4.69) is 48.3 Å². The number of nitrogens with one attached hydrogen (secondary N) is 1. The van der Waals surface area contributed by atoms with Crippen LogP contribution >= 0.6 is 23.1 Å². The van der Waals surface area contributed by atoms with Crippen LogP contribution in [0.2, 0.25) is 0 Å². The molecule has 0 saturated heterocycles. The Bertz CT molecular complexity index is 877. The average molecular weight is 447 g/mol. The minimum Gasteiger partial charge on any atom is -0.462 e. The molecule has 1 aliphatic heterocycles. The lowest BCUT2D eigenvalue weighted by Gasteiger charge is -2.25. The maximum absolute atomic E-state index is 12.6. The second-order valence-electron chi connectivity index (χ2n) is 7.36. The van der Waals surface area contributed by atoms with Gasteiger partial charge in [-0.2, -0.15) is 0 Å². The van der Waals surface area contributed by atoms with E-state index in [0.717, 1.165) is 48.7 Å². The second-order valence-corrected chi connectivity index (χ2v) is 9.63. The van der Waals surface area contributed by atoms with E-state index < -0.39 is 0 Å². The largest absolute Gasteiger partial charge is 0.462 e. The third-order valence-corrected chi connectivity index (χ3v) is 7.38. The van der Waals surface area contributed by atoms with Gasteiger partial charge in [-0.05, 0) is 56.7 Å². The number of hydrogen-bond acceptors (Lipinski definition) is 6. The van der Waals surface area contributed by atoms with Crippen LogP contribution in [-0.4, -0.2) is 42.2 Å². The van der Waals surface area contributed by atoms with Crippen LogP contribution in [0.1, 0.15) is 53.1 Å². The number of benzene rings is 1. The third kappa shape index (κ3) is 5.86. The van der Waals surface area contributed by atoms with Gasteiger partial charge in [-0.1, -0.05) is 24.6 Å². The zero-order chi connectivity index (χ0) is 21.5. The lowest BCUT2D eigenvalue weighted by atomic mass is 10.0. The van der Waals surface area contributed by atoms with Crippen molar-refractivity contribution in [2.75, 3.05) is 30.8 Å². The van der Waals surface area contributed by atoms with Crippen LogP contribution in [0.25, 0.3) is 0 Å². The topological polar surface area (TPSA) is 58.6 Å². The van der Waals surface area contributed by atoms with Gasteiger partial charge in [-0.3, -0.25) is 9.69 Å². The van der Waals surface area contributed by atoms with Gasteiger partial charge in [0.05, 0.1) is 12.2 Å². The molecule has 3 rings (SSSR count). The summed E-state index contributed by atoms with van der Waals surface area (Å²) in [6.45, 7) is 9.08. The summed E-state index contributed by atoms with van der Waals surface area (Å²) in [4.78, 5) is 29.9. The zero-order valence-corrected chi connectivity index (χ0v) is 19.6. The molecule has 0 fully saturated rings. The van der Waals surface area contributed by atoms with E-state index in [-0.39, 0.29) is 11.9 Å². The van der Waals surface area contributed by atoms with Crippen molar-refractivity contribution in [3.05, 3.63) is 45.8 Å². The monoisotopic (exact) mass is 446 g/mol. The number of nitrogens with zero attached hydrogens (tertiary/aromatic N) is 1. The number of thiophene rings is 1. The maximum atomic E-state index is 12.6. The van der Waals surface area contributed by atoms with Gasteiger partial charge in [0.1, 0.15) is 5.00 Å². The number of rotatable bonds is 9. The van der Waals surface area contributed by atoms with Gasteiger partial charge in [-0.25, -0.2) is 4.79 Å². The molecule has 1 amide bonds. The van der Waals surface area contributed by atoms with Crippen LogP contribution in [0.5, 0.6) is 0 Å². The molecule has 162 valence electrons. The molecule has 0 saturated carbocycles. The van der Waals surface area contributed by atoms with Gasteiger partial charge in [0.2, 0.25) is 5.91 Å². The van der Waals surface area contributed by atoms with Crippen molar-refractivity contribution in [2.24, 2.45) is 0 Å². The van der Waals surface area contributed by atoms with E-state index in [1.165, 1.54) is 21.8 Å². The summed E-state index contributed by atoms with van der Waals surface area (Å²) < 4.78 is 5.28. The molecule has 0 bridgehead atoms. The molecule has 0 atom stereocenters. The number of anilines is 1. The summed E-state index contributed by atoms with van der Waals surface area (Å²) in [6.07, 6.45) is 2.04. The molecule has 0 radical (unpaired) electrons. The molecule has 0 unspecified atom stereocenters. The van der Waals surface area contributed by atoms with Crippen molar-refractivity contribution in [2.45, 2.75) is 51.5 Å². The number of carbonyl (C=O) groups is 2. The van der Waals surface area contributed by atoms with Crippen molar-refractivity contribution in [1.82, 2.24) is 4.90 Å². The number of thioether (sulfide) groups is 1. The minimum atomic E-state index is -0.329. The number of likely N-dealkylation sites (N-methyl/N-ethyl adjacent to an activating group) is 1. The number of fused-ring (bicyclic) bond motifs is 1. The highest BCUT2D eigenvalue weighted by molar-refractivity contribution is 7.99. The molecular formula is C23H30N2O3S2. The quantitative estimate of drug-likeness (QED) is 0.329. The first kappa shape index (κ1) is 22.8. The van der Waals surface area contributed by atoms with Gasteiger partial charge in [0.25, 0.3) is 0 Å². The first-order chi connectivity index (χ1) is 14.5. The van der Waals surface area contributed by atoms with Gasteiger partial charge < -0.3 is 10.1 Å². The summed E-state index contributed by atoms with van der Waals surface area (Å²) in [6, 6.07) is 8.43. The summed E-state index contributed by atoms with van der Waals surface area (Å²) >= 11 is 3.28. The molecule has 1 aromatic heterocycles. The number of carbonyl (C=O) groups excluding carboxylic acids is 2. The van der Waals surface area contributed by atoms with Gasteiger partial charge in [0, 0.05) is 29.3 Å². The van der Waals surface area contributed by atoms with Crippen molar-refractivity contribution in [3.8, 4) is 0 Å². The summed E-state index contributed by atoms with van der Waals surface area (Å²) in [5, 5.41) is 3.64. The number of amides is 1. The van der Waals surface area contributed by atoms with Crippen LogP contribution in [-0.2, 0) is 22.5 Å². The lowest BCUT2D eigenvalue weighted by molar-refractivity contribution is -0.116. The molecule has 2 heterocycles. The summed E-state index contributed by atoms with van der Waals surface area (Å²) in [7, 11) is 0. The normalized spacial score (nSPS) is 13.7. The van der Waals surface area contributed by atoms with E-state index in [9.17, 15) is 9.59 Å². The van der Waals surface area contributed by atoms with Crippen LogP contribution in [0.3, 0.4) is 0 Å². The number of aryl methyl sites for hydroxylation is 1. The highest BCUT2D eigenvalue weighted by Crippen LogP contribution is 2.37. The van der Waals surface area contributed by atoms with Crippen molar-refractivity contribution in [3.63, 3.8) is 0 Å². The fourth-order valence-electron chi connectivity index (χ4n) is 3.48. The van der Waals surface area contributed by atoms with Crippen LogP contribution in [0, 0.1) is 6.92 Å². The smallest absolute Gasteiger partial charge is 0.341 e. The molecule has 0 aliphatic carbocycles. The zero-order valence-electron chi connectivity index (χ0n) is 18.0. The Kier molecular flexibility index (Phi) is 8.36. The first-order valence-electron chi connectivity index (χ1n) is 10.5. The van der Waals surface area contributed by atoms with Crippen LogP contribution in [0.15, 0.2) is 29.2 Å². The Hall–Kier alpha value is -1.83. The highest BCUT2D eigenvalue weighted by atomic mass is 32.2. The van der Waals surface area contributed by atoms with Gasteiger partial charge >= 0.3 is 5.97 Å². The molecular weight excluding hydrogens is 416 g/mol. The predicted molar refractivity (Wildman–Crippen MR) is 125 cm³/mol. The molecule has 30 heavy (non-hydrogen) atoms. The van der Waals surface area contributed by atoms with E-state index in [4.69, 9.17) is 4.74 Å². The Labute approximate surface area is 187 Å². The van der Waals surface area contributed by atoms with Crippen molar-refractivity contribution in [1.29, 1.82) is 0 Å². The summed E-state index contributed by atoms with van der Waals surface area (Å²) in [5.41, 5.74) is 2.86. The first-order valence-corrected chi connectivity index (χ1v) is 12.3. The Morgan fingerprint density at radius 1 is 1.23 bits per heavy atom. The van der Waals surface area contributed by atoms with Crippen molar-refractivity contribution < 1.29 is 14.3 Å². The maximum Gasteiger partial charge on any atom is 0.341 e. The number of esters is 1. The molecule has 1 aliphatic rings. The Balaban J connectivity index is 1.60. The molecule has 2 aromatic rings. The van der Waals surface area contributed by atoms with Crippen LogP contribution < -0.4 is 5.32 Å². The molecule has 0 spiro atoms. The van der Waals surface area contributed by atoms with E-state index in [1.807, 2.05) is 0 Å². The van der Waals surface area contributed by atoms with E-state index in [1.54, 1.807) is 18.7 Å². The Morgan fingerprint density at radius 3 is 2.70 bits per heavy atom. The third-order valence-electron chi connectivity index (χ3n) is 5.15. The van der Waals surface area contributed by atoms with E-state index in [0.29, 0.717) is 23.6 Å². The average Bonchev–Trinajstić information content (AvgIpc) is 3.09. The molecule has 7 heteroatoms. The fraction of sp³-hybridized carbons (Fsp3) is 0.478. The predicted octanol–water partition coefficient (Wildman–Crippen LogP) is 5.12. The van der Waals surface area contributed by atoms with E-state index >= 15 is 0 Å². The lowest BCUT2D eigenvalue weighted by Crippen LogP contribution is -2.30. The van der Waals surface area contributed by atoms with Crippen LogP contribution in [0.4, 0.5) is 5.00 Å². The standard InChI is InChI=1S/C23H30N2O3S2/c1-4-25-13-12-18-19(15-25)30-22(21(18)23(27)28-5-2)24-20(26)7-6-14-29-17-10-8-16(3)9-11-17/h8-11H,4-7,12-15H2,1-3H3,(H,24,26). The van der Waals surface area contributed by atoms with Crippen molar-refractivity contribution >= 4 is 40.0 Å². The SMILES string of the molecule is CCOC(=O)c1c(NC(=O)CCCSc2ccc(C)cc2)sc2c1CCN(CC)C2. The molecule has 5 nitrogen and oxygen atoms in total. The Morgan fingerprint density at radius 2 is 2.00 bits per heavy atom. The fourth-order valence-corrected chi connectivity index (χ4v) is 5.63. The second kappa shape index (κ2) is 11.0. The highest BCUT2D eigenvalue weighted by Gasteiger charge is 2.29. The number of hydrogen-bond donors (Lipinski definition) is 1. The molecule has 1 N–H and O–H groups in total. The van der Waals surface area contributed by atoms with Gasteiger partial charge in [-0.15, -0.1) is 23.1 Å². The molecule has 1 aromatic carbocycles. The van der Waals surface area contributed by atoms with Gasteiger partial charge in [0.15, 0.2) is 0 Å². The minimum absolute atomic E-state index is 0.0454. The number of ether oxygens (including phenoxy) is 1. The summed E-state index contributed by atoms with van der Waals surface area (Å²) in [5.74, 6) is 0.509.